The molecule has 0 spiro atoms. The monoisotopic (exact) mass is 165 g/mol. The van der Waals surface area contributed by atoms with Crippen molar-refractivity contribution in [1.29, 1.82) is 0 Å². The topological polar surface area (TPSA) is 60.9 Å². The van der Waals surface area contributed by atoms with Crippen LogP contribution in [0.15, 0.2) is 35.4 Å². The molecule has 0 unspecified atom stereocenters. The Balaban J connectivity index is 2.83. The van der Waals surface area contributed by atoms with Crippen LogP contribution in [0.25, 0.3) is 0 Å². The van der Waals surface area contributed by atoms with Gasteiger partial charge in [-0.05, 0) is 11.6 Å². The summed E-state index contributed by atoms with van der Waals surface area (Å²) in [7, 11) is 0. The van der Waals surface area contributed by atoms with Gasteiger partial charge in [0.25, 0.3) is 0 Å². The van der Waals surface area contributed by atoms with Gasteiger partial charge in [-0.2, -0.15) is 0 Å². The van der Waals surface area contributed by atoms with Gasteiger partial charge in [0.15, 0.2) is 0 Å². The average molecular weight is 165 g/mol. The van der Waals surface area contributed by atoms with Gasteiger partial charge in [0.1, 0.15) is 0 Å². The average Bonchev–Trinajstić information content (AvgIpc) is 2.09. The van der Waals surface area contributed by atoms with E-state index in [1.54, 1.807) is 12.3 Å². The highest BCUT2D eigenvalue weighted by Crippen LogP contribution is 1.89. The van der Waals surface area contributed by atoms with Crippen molar-refractivity contribution in [3.63, 3.8) is 0 Å². The van der Waals surface area contributed by atoms with Gasteiger partial charge in [-0.1, -0.05) is 6.58 Å². The molecule has 64 valence electrons. The normalized spacial score (nSPS) is 9.75. The molecule has 1 heterocycles. The van der Waals surface area contributed by atoms with Crippen molar-refractivity contribution in [2.75, 3.05) is 6.54 Å². The fourth-order valence-corrected chi connectivity index (χ4v) is 0.813. The van der Waals surface area contributed by atoms with E-state index in [2.05, 4.69) is 11.6 Å². The summed E-state index contributed by atoms with van der Waals surface area (Å²) >= 11 is 0. The van der Waals surface area contributed by atoms with Crippen LogP contribution in [0.2, 0.25) is 0 Å². The van der Waals surface area contributed by atoms with Crippen molar-refractivity contribution in [3.05, 3.63) is 41.1 Å². The molecule has 4 heteroatoms. The van der Waals surface area contributed by atoms with Gasteiger partial charge in [-0.25, -0.2) is 9.78 Å². The van der Waals surface area contributed by atoms with Gasteiger partial charge >= 0.3 is 5.69 Å². The van der Waals surface area contributed by atoms with Crippen LogP contribution in [0, 0.1) is 0 Å². The zero-order chi connectivity index (χ0) is 8.97. The van der Waals surface area contributed by atoms with Crippen LogP contribution in [0.5, 0.6) is 0 Å². The van der Waals surface area contributed by atoms with Crippen LogP contribution in [0.4, 0.5) is 0 Å². The summed E-state index contributed by atoms with van der Waals surface area (Å²) in [5.74, 6) is 0. The minimum atomic E-state index is -0.271. The summed E-state index contributed by atoms with van der Waals surface area (Å²) in [6.45, 7) is 4.53. The Kier molecular flexibility index (Phi) is 2.76. The molecule has 1 aromatic heterocycles. The van der Waals surface area contributed by atoms with Crippen molar-refractivity contribution in [2.24, 2.45) is 5.73 Å². The molecule has 0 radical (unpaired) electrons. The third-order valence-corrected chi connectivity index (χ3v) is 1.47. The molecular weight excluding hydrogens is 154 g/mol. The first-order chi connectivity index (χ1) is 5.74. The fraction of sp³-hybridized carbons (Fsp3) is 0.250. The SMILES string of the molecule is C=C(CN)Cn1cccnc1=O. The zero-order valence-corrected chi connectivity index (χ0v) is 6.73. The van der Waals surface area contributed by atoms with Crippen LogP contribution in [-0.2, 0) is 6.54 Å². The number of aromatic nitrogens is 2. The first-order valence-corrected chi connectivity index (χ1v) is 3.62. The summed E-state index contributed by atoms with van der Waals surface area (Å²) < 4.78 is 1.47. The Morgan fingerprint density at radius 2 is 2.50 bits per heavy atom. The molecule has 2 N–H and O–H groups in total. The van der Waals surface area contributed by atoms with E-state index >= 15 is 0 Å². The Hall–Kier alpha value is -1.42. The Labute approximate surface area is 70.4 Å². The van der Waals surface area contributed by atoms with E-state index in [1.807, 2.05) is 0 Å². The first kappa shape index (κ1) is 8.67. The maximum absolute atomic E-state index is 11.0. The van der Waals surface area contributed by atoms with Crippen molar-refractivity contribution >= 4 is 0 Å². The maximum Gasteiger partial charge on any atom is 0.347 e. The third-order valence-electron chi connectivity index (χ3n) is 1.47. The smallest absolute Gasteiger partial charge is 0.327 e. The minimum Gasteiger partial charge on any atom is -0.327 e. The molecular formula is C8H11N3O. The minimum absolute atomic E-state index is 0.271. The molecule has 0 aliphatic carbocycles. The molecule has 0 aromatic carbocycles. The molecule has 0 atom stereocenters. The summed E-state index contributed by atoms with van der Waals surface area (Å²) in [6.07, 6.45) is 3.13. The third kappa shape index (κ3) is 2.03. The molecule has 1 aromatic rings. The van der Waals surface area contributed by atoms with Gasteiger partial charge < -0.3 is 5.73 Å². The second kappa shape index (κ2) is 3.82. The van der Waals surface area contributed by atoms with Crippen LogP contribution in [-0.4, -0.2) is 16.1 Å². The summed E-state index contributed by atoms with van der Waals surface area (Å²) in [6, 6.07) is 1.70. The predicted molar refractivity (Wildman–Crippen MR) is 46.7 cm³/mol. The largest absolute Gasteiger partial charge is 0.347 e. The highest BCUT2D eigenvalue weighted by atomic mass is 16.1. The van der Waals surface area contributed by atoms with E-state index in [-0.39, 0.29) is 5.69 Å². The number of rotatable bonds is 3. The van der Waals surface area contributed by atoms with Gasteiger partial charge in [-0.15, -0.1) is 0 Å². The highest BCUT2D eigenvalue weighted by Gasteiger charge is 1.95. The summed E-state index contributed by atoms with van der Waals surface area (Å²) in [5.41, 5.74) is 5.87. The molecule has 4 nitrogen and oxygen atoms in total. The number of nitrogens with zero attached hydrogens (tertiary/aromatic N) is 2. The van der Waals surface area contributed by atoms with E-state index in [9.17, 15) is 4.79 Å². The summed E-state index contributed by atoms with van der Waals surface area (Å²) in [4.78, 5) is 14.6. The lowest BCUT2D eigenvalue weighted by atomic mass is 10.3. The first-order valence-electron chi connectivity index (χ1n) is 3.62. The Bertz CT molecular complexity index is 329. The molecule has 0 aliphatic heterocycles. The van der Waals surface area contributed by atoms with Crippen LogP contribution in [0.3, 0.4) is 0 Å². The van der Waals surface area contributed by atoms with Gasteiger partial charge in [0.2, 0.25) is 0 Å². The molecule has 12 heavy (non-hydrogen) atoms. The lowest BCUT2D eigenvalue weighted by Crippen LogP contribution is -2.23. The molecule has 1 rings (SSSR count). The van der Waals surface area contributed by atoms with Crippen LogP contribution < -0.4 is 11.4 Å². The fourth-order valence-electron chi connectivity index (χ4n) is 0.813. The number of hydrogen-bond donors (Lipinski definition) is 1. The molecule has 0 aliphatic rings. The summed E-state index contributed by atoms with van der Waals surface area (Å²) in [5, 5.41) is 0. The van der Waals surface area contributed by atoms with Crippen molar-refractivity contribution in [2.45, 2.75) is 6.54 Å². The molecule has 0 saturated carbocycles. The molecule has 0 amide bonds. The lowest BCUT2D eigenvalue weighted by molar-refractivity contribution is 0.708. The maximum atomic E-state index is 11.0. The van der Waals surface area contributed by atoms with E-state index in [4.69, 9.17) is 5.73 Å². The van der Waals surface area contributed by atoms with E-state index < -0.39 is 0 Å². The molecule has 0 saturated heterocycles. The van der Waals surface area contributed by atoms with Gasteiger partial charge in [-0.3, -0.25) is 4.57 Å². The van der Waals surface area contributed by atoms with Crippen LogP contribution >= 0.6 is 0 Å². The van der Waals surface area contributed by atoms with Gasteiger partial charge in [0.05, 0.1) is 0 Å². The number of hydrogen-bond acceptors (Lipinski definition) is 3. The quantitative estimate of drug-likeness (QED) is 0.629. The highest BCUT2D eigenvalue weighted by molar-refractivity contribution is 4.97. The second-order valence-corrected chi connectivity index (χ2v) is 2.48. The second-order valence-electron chi connectivity index (χ2n) is 2.48. The molecule has 0 bridgehead atoms. The molecule has 0 fully saturated rings. The van der Waals surface area contributed by atoms with Gasteiger partial charge in [0, 0.05) is 25.5 Å². The lowest BCUT2D eigenvalue weighted by Gasteiger charge is -2.03. The van der Waals surface area contributed by atoms with Crippen molar-refractivity contribution in [3.8, 4) is 0 Å². The predicted octanol–water partition coefficient (Wildman–Crippen LogP) is -0.242. The van der Waals surface area contributed by atoms with E-state index in [0.717, 1.165) is 5.57 Å². The zero-order valence-electron chi connectivity index (χ0n) is 6.73. The van der Waals surface area contributed by atoms with Crippen molar-refractivity contribution < 1.29 is 0 Å². The van der Waals surface area contributed by atoms with E-state index in [1.165, 1.54) is 10.8 Å². The number of nitrogens with two attached hydrogens (primary N) is 1. The Morgan fingerprint density at radius 1 is 1.75 bits per heavy atom. The van der Waals surface area contributed by atoms with Crippen LogP contribution in [0.1, 0.15) is 0 Å². The van der Waals surface area contributed by atoms with Crippen molar-refractivity contribution in [1.82, 2.24) is 9.55 Å². The standard InChI is InChI=1S/C8H11N3O/c1-7(5-9)6-11-4-2-3-10-8(11)12/h2-4H,1,5-6,9H2. The van der Waals surface area contributed by atoms with E-state index in [0.29, 0.717) is 13.1 Å². The Morgan fingerprint density at radius 3 is 3.08 bits per heavy atom.